The molecule has 1 aliphatic rings. The van der Waals surface area contributed by atoms with Crippen LogP contribution in [0.4, 0.5) is 8.78 Å². The van der Waals surface area contributed by atoms with Crippen LogP contribution in [0.1, 0.15) is 35.7 Å². The second-order valence-electron chi connectivity index (χ2n) is 10.5. The molecule has 0 aliphatic carbocycles. The first kappa shape index (κ1) is 30.5. The summed E-state index contributed by atoms with van der Waals surface area (Å²) in [5.41, 5.74) is 1.50. The molecule has 0 amide bonds. The van der Waals surface area contributed by atoms with E-state index in [-0.39, 0.29) is 22.0 Å². The number of halogens is 3. The van der Waals surface area contributed by atoms with Crippen molar-refractivity contribution < 1.29 is 33.2 Å². The number of hydrogen-bond acceptors (Lipinski definition) is 10. The highest BCUT2D eigenvalue weighted by Gasteiger charge is 2.50. The molecule has 0 saturated carbocycles. The molecule has 11 nitrogen and oxygen atoms in total. The van der Waals surface area contributed by atoms with Gasteiger partial charge in [-0.05, 0) is 39.0 Å². The number of fused-ring (bicyclic) bond motifs is 1. The van der Waals surface area contributed by atoms with Crippen LogP contribution in [0.2, 0.25) is 5.02 Å². The van der Waals surface area contributed by atoms with E-state index >= 15 is 0 Å². The fourth-order valence-electron chi connectivity index (χ4n) is 5.65. The largest absolute Gasteiger partial charge is 0.494 e. The molecule has 5 aromatic rings. The molecule has 1 fully saturated rings. The number of aliphatic hydroxyl groups is 2. The van der Waals surface area contributed by atoms with E-state index in [2.05, 4.69) is 20.2 Å². The highest BCUT2D eigenvalue weighted by Crippen LogP contribution is 2.42. The zero-order chi connectivity index (χ0) is 31.4. The van der Waals surface area contributed by atoms with Crippen LogP contribution in [0, 0.1) is 25.5 Å². The Morgan fingerprint density at radius 1 is 1.14 bits per heavy atom. The maximum absolute atomic E-state index is 14.8. The summed E-state index contributed by atoms with van der Waals surface area (Å²) in [7, 11) is 2.96. The van der Waals surface area contributed by atoms with Crippen molar-refractivity contribution in [3.63, 3.8) is 0 Å². The summed E-state index contributed by atoms with van der Waals surface area (Å²) in [6, 6.07) is 5.33. The zero-order valence-electron chi connectivity index (χ0n) is 24.3. The van der Waals surface area contributed by atoms with Crippen molar-refractivity contribution in [2.45, 2.75) is 57.3 Å². The molecule has 1 aliphatic heterocycles. The Bertz CT molecular complexity index is 1840. The molecule has 4 heterocycles. The Labute approximate surface area is 259 Å². The van der Waals surface area contributed by atoms with Gasteiger partial charge in [-0.15, -0.1) is 11.3 Å². The summed E-state index contributed by atoms with van der Waals surface area (Å²) in [4.78, 5) is 9.16. The molecule has 0 bridgehead atoms. The van der Waals surface area contributed by atoms with Gasteiger partial charge in [-0.3, -0.25) is 4.68 Å². The molecular weight excluding hydrogens is 618 g/mol. The van der Waals surface area contributed by atoms with Gasteiger partial charge in [0.25, 0.3) is 0 Å². The maximum atomic E-state index is 14.8. The van der Waals surface area contributed by atoms with Crippen LogP contribution in [-0.4, -0.2) is 78.4 Å². The van der Waals surface area contributed by atoms with Crippen LogP contribution < -0.4 is 4.74 Å². The normalized spacial score (nSPS) is 22.9. The van der Waals surface area contributed by atoms with Crippen molar-refractivity contribution in [2.24, 2.45) is 0 Å². The second-order valence-corrected chi connectivity index (χ2v) is 12.2. The van der Waals surface area contributed by atoms with Gasteiger partial charge in [0.2, 0.25) is 0 Å². The van der Waals surface area contributed by atoms with Crippen molar-refractivity contribution in [3.05, 3.63) is 70.0 Å². The Hall–Kier alpha value is -3.53. The van der Waals surface area contributed by atoms with Crippen LogP contribution in [0.5, 0.6) is 5.75 Å². The molecule has 232 valence electrons. The van der Waals surface area contributed by atoms with Crippen molar-refractivity contribution >= 4 is 33.2 Å². The Balaban J connectivity index is 1.46. The minimum Gasteiger partial charge on any atom is -0.494 e. The van der Waals surface area contributed by atoms with E-state index in [1.165, 1.54) is 54.8 Å². The molecule has 3 aromatic heterocycles. The van der Waals surface area contributed by atoms with Gasteiger partial charge < -0.3 is 24.4 Å². The minimum atomic E-state index is -1.35. The fourth-order valence-corrected chi connectivity index (χ4v) is 6.64. The highest BCUT2D eigenvalue weighted by atomic mass is 35.5. The Morgan fingerprint density at radius 2 is 1.91 bits per heavy atom. The quantitative estimate of drug-likeness (QED) is 0.241. The third-order valence-electron chi connectivity index (χ3n) is 7.64. The summed E-state index contributed by atoms with van der Waals surface area (Å²) in [6.07, 6.45) is -2.56. The predicted octanol–water partition coefficient (Wildman–Crippen LogP) is 4.74. The van der Waals surface area contributed by atoms with Crippen LogP contribution in [0.3, 0.4) is 0 Å². The summed E-state index contributed by atoms with van der Waals surface area (Å²) >= 11 is 7.25. The zero-order valence-corrected chi connectivity index (χ0v) is 25.8. The van der Waals surface area contributed by atoms with Crippen LogP contribution in [-0.2, 0) is 9.47 Å². The molecule has 0 spiro atoms. The smallest absolute Gasteiger partial charge is 0.178 e. The van der Waals surface area contributed by atoms with Crippen molar-refractivity contribution in [1.82, 2.24) is 29.5 Å². The van der Waals surface area contributed by atoms with Gasteiger partial charge in [-0.2, -0.15) is 10.2 Å². The van der Waals surface area contributed by atoms with Gasteiger partial charge in [0.05, 0.1) is 39.7 Å². The van der Waals surface area contributed by atoms with Crippen molar-refractivity contribution in [1.29, 1.82) is 0 Å². The van der Waals surface area contributed by atoms with E-state index in [1.54, 1.807) is 24.6 Å². The Morgan fingerprint density at radius 3 is 2.61 bits per heavy atom. The molecular formula is C29H29ClF2N6O5S. The molecule has 6 atom stereocenters. The minimum absolute atomic E-state index is 0.0616. The lowest BCUT2D eigenvalue weighted by Gasteiger charge is -2.44. The molecule has 44 heavy (non-hydrogen) atoms. The average molecular weight is 647 g/mol. The second kappa shape index (κ2) is 11.8. The Kier molecular flexibility index (Phi) is 8.15. The lowest BCUT2D eigenvalue weighted by atomic mass is 9.89. The number of aromatic nitrogens is 6. The van der Waals surface area contributed by atoms with Crippen LogP contribution >= 0.6 is 22.9 Å². The first-order valence-electron chi connectivity index (χ1n) is 13.6. The van der Waals surface area contributed by atoms with Gasteiger partial charge in [0.1, 0.15) is 47.7 Å². The lowest BCUT2D eigenvalue weighted by molar-refractivity contribution is -0.230. The van der Waals surface area contributed by atoms with Gasteiger partial charge >= 0.3 is 0 Å². The number of aryl methyl sites for hydroxylation is 2. The molecule has 4 unspecified atom stereocenters. The molecule has 15 heteroatoms. The molecule has 0 radical (unpaired) electrons. The number of benzene rings is 2. The third kappa shape index (κ3) is 5.14. The van der Waals surface area contributed by atoms with E-state index in [1.807, 2.05) is 13.0 Å². The highest BCUT2D eigenvalue weighted by molar-refractivity contribution is 7.18. The number of aliphatic hydroxyl groups excluding tert-OH is 2. The predicted molar refractivity (Wildman–Crippen MR) is 158 cm³/mol. The van der Waals surface area contributed by atoms with E-state index < -0.39 is 48.2 Å². The molecule has 1 saturated heterocycles. The summed E-state index contributed by atoms with van der Waals surface area (Å²) in [5, 5.41) is 32.2. The average Bonchev–Trinajstić information content (AvgIpc) is 3.72. The molecule has 6 rings (SSSR count). The molecule has 2 N–H and O–H groups in total. The van der Waals surface area contributed by atoms with Gasteiger partial charge in [-0.1, -0.05) is 11.6 Å². The van der Waals surface area contributed by atoms with E-state index in [9.17, 15) is 19.0 Å². The summed E-state index contributed by atoms with van der Waals surface area (Å²) in [5.74, 6) is -1.18. The van der Waals surface area contributed by atoms with Gasteiger partial charge in [0, 0.05) is 30.5 Å². The van der Waals surface area contributed by atoms with Crippen molar-refractivity contribution in [2.75, 3.05) is 14.2 Å². The first-order chi connectivity index (χ1) is 21.0. The maximum Gasteiger partial charge on any atom is 0.178 e. The summed E-state index contributed by atoms with van der Waals surface area (Å²) < 4.78 is 50.6. The first-order valence-corrected chi connectivity index (χ1v) is 14.8. The van der Waals surface area contributed by atoms with Crippen molar-refractivity contribution in [3.8, 4) is 22.6 Å². The number of thiazole rings is 1. The summed E-state index contributed by atoms with van der Waals surface area (Å²) in [6.45, 7) is 5.16. The number of hydrogen-bond donors (Lipinski definition) is 2. The van der Waals surface area contributed by atoms with E-state index in [4.69, 9.17) is 25.8 Å². The van der Waals surface area contributed by atoms with E-state index in [0.29, 0.717) is 17.3 Å². The number of methoxy groups -OCH3 is 2. The van der Waals surface area contributed by atoms with Gasteiger partial charge in [0.15, 0.2) is 17.5 Å². The number of rotatable bonds is 7. The molecule has 2 aromatic carbocycles. The van der Waals surface area contributed by atoms with Crippen LogP contribution in [0.15, 0.2) is 36.7 Å². The topological polar surface area (TPSA) is 130 Å². The third-order valence-corrected chi connectivity index (χ3v) is 8.87. The number of nitrogens with zero attached hydrogens (tertiary/aromatic N) is 6. The van der Waals surface area contributed by atoms with Gasteiger partial charge in [-0.25, -0.2) is 23.4 Å². The van der Waals surface area contributed by atoms with Crippen LogP contribution in [0.25, 0.3) is 27.0 Å². The van der Waals surface area contributed by atoms with E-state index in [0.717, 1.165) is 15.2 Å². The monoisotopic (exact) mass is 646 g/mol. The fraction of sp³-hybridized carbons (Fsp3) is 0.379. The number of ether oxygens (including phenoxy) is 3. The standard InChI is InChI=1S/C29H29ClF2N6O5S/c1-12(39)26-27(42-5)24(37-11-15(10-33-37)16-6-7-17(30)23(32)22(16)31)25(40)28(43-26)29-34-13(2)36-38(29)19-9-21-18(8-20(19)41-4)35-14(3)44-21/h6-12,24-28,39-40H,1-5H3/t12?,24?,25?,26?,27-,28-/m1/s1. The SMILES string of the molecule is COc1cc2nc(C)sc2cc1-n1nc(C)nc1[C@@H]1OC(C(C)O)[C@H](OC)C(n2cc(-c3ccc(Cl)c(F)c3F)cn2)C1O. The lowest BCUT2D eigenvalue weighted by Crippen LogP contribution is -2.56.